The highest BCUT2D eigenvalue weighted by atomic mass is 16.5. The number of morpholine rings is 1. The Morgan fingerprint density at radius 2 is 2.00 bits per heavy atom. The molecule has 2 aromatic carbocycles. The first-order chi connectivity index (χ1) is 16.6. The summed E-state index contributed by atoms with van der Waals surface area (Å²) in [5, 5.41) is 7.16. The topological polar surface area (TPSA) is 76.8 Å². The van der Waals surface area contributed by atoms with Gasteiger partial charge in [-0.15, -0.1) is 0 Å². The van der Waals surface area contributed by atoms with Crippen molar-refractivity contribution in [1.29, 1.82) is 0 Å². The Hall–Kier alpha value is -3.16. The first kappa shape index (κ1) is 22.6. The van der Waals surface area contributed by atoms with Crippen LogP contribution in [0.5, 0.6) is 5.75 Å². The van der Waals surface area contributed by atoms with Crippen molar-refractivity contribution in [2.75, 3.05) is 31.7 Å². The first-order valence-corrected chi connectivity index (χ1v) is 11.9. The van der Waals surface area contributed by atoms with Gasteiger partial charge in [-0.2, -0.15) is 0 Å². The van der Waals surface area contributed by atoms with Crippen LogP contribution >= 0.6 is 0 Å². The third-order valence-corrected chi connectivity index (χ3v) is 6.51. The third-order valence-electron chi connectivity index (χ3n) is 6.51. The van der Waals surface area contributed by atoms with Crippen LogP contribution in [0.15, 0.2) is 53.1 Å². The zero-order chi connectivity index (χ0) is 23.5. The summed E-state index contributed by atoms with van der Waals surface area (Å²) in [7, 11) is 0. The van der Waals surface area contributed by atoms with E-state index in [1.54, 1.807) is 0 Å². The van der Waals surface area contributed by atoms with E-state index < -0.39 is 0 Å². The smallest absolute Gasteiger partial charge is 0.227 e. The molecular formula is C27H31N3O4. The van der Waals surface area contributed by atoms with Crippen LogP contribution in [0.3, 0.4) is 0 Å². The average Bonchev–Trinajstić information content (AvgIpc) is 3.65. The number of hydrogen-bond donors (Lipinski definition) is 1. The molecule has 5 rings (SSSR count). The second kappa shape index (κ2) is 9.99. The quantitative estimate of drug-likeness (QED) is 0.529. The predicted molar refractivity (Wildman–Crippen MR) is 130 cm³/mol. The zero-order valence-corrected chi connectivity index (χ0v) is 19.8. The molecule has 178 valence electrons. The summed E-state index contributed by atoms with van der Waals surface area (Å²) >= 11 is 0. The van der Waals surface area contributed by atoms with Crippen molar-refractivity contribution in [3.63, 3.8) is 0 Å². The first-order valence-electron chi connectivity index (χ1n) is 11.9. The SMILES string of the molecule is Cc1noc(C)c1-c1cc(NC(=O)C2CC2)ccc1OCC1COCCN1Cc1ccccc1. The second-order valence-electron chi connectivity index (χ2n) is 9.17. The lowest BCUT2D eigenvalue weighted by atomic mass is 10.0. The fourth-order valence-electron chi connectivity index (χ4n) is 4.44. The molecule has 3 aromatic rings. The lowest BCUT2D eigenvalue weighted by Crippen LogP contribution is -2.48. The number of benzene rings is 2. The van der Waals surface area contributed by atoms with Gasteiger partial charge in [-0.3, -0.25) is 9.69 Å². The minimum Gasteiger partial charge on any atom is -0.491 e. The van der Waals surface area contributed by atoms with E-state index in [1.165, 1.54) is 5.56 Å². The Morgan fingerprint density at radius 3 is 2.74 bits per heavy atom. The standard InChI is InChI=1S/C27H31N3O4/c1-18-26(19(2)34-29-18)24-14-22(28-27(31)21-8-9-21)10-11-25(24)33-17-23-16-32-13-12-30(23)15-20-6-4-3-5-7-20/h3-7,10-11,14,21,23H,8-9,12-13,15-17H2,1-2H3,(H,28,31). The maximum absolute atomic E-state index is 12.3. The summed E-state index contributed by atoms with van der Waals surface area (Å²) in [6, 6.07) is 16.4. The molecule has 2 heterocycles. The van der Waals surface area contributed by atoms with Crippen LogP contribution < -0.4 is 10.1 Å². The number of anilines is 1. The number of amides is 1. The molecule has 7 nitrogen and oxygen atoms in total. The molecule has 1 atom stereocenters. The van der Waals surface area contributed by atoms with Gasteiger partial charge in [-0.25, -0.2) is 0 Å². The van der Waals surface area contributed by atoms with Crippen molar-refractivity contribution in [3.8, 4) is 16.9 Å². The minimum absolute atomic E-state index is 0.0780. The normalized spacial score (nSPS) is 18.6. The van der Waals surface area contributed by atoms with Gasteiger partial charge < -0.3 is 19.3 Å². The van der Waals surface area contributed by atoms with Gasteiger partial charge in [-0.05, 0) is 50.5 Å². The van der Waals surface area contributed by atoms with Crippen LogP contribution in [0.1, 0.15) is 29.9 Å². The molecule has 1 aliphatic heterocycles. The molecule has 1 saturated heterocycles. The highest BCUT2D eigenvalue weighted by Gasteiger charge is 2.30. The molecule has 1 amide bonds. The van der Waals surface area contributed by atoms with Gasteiger partial charge in [0, 0.05) is 30.3 Å². The fourth-order valence-corrected chi connectivity index (χ4v) is 4.44. The van der Waals surface area contributed by atoms with Crippen LogP contribution in [0.2, 0.25) is 0 Å². The number of hydrogen-bond acceptors (Lipinski definition) is 6. The molecule has 7 heteroatoms. The summed E-state index contributed by atoms with van der Waals surface area (Å²) in [5.41, 5.74) is 4.60. The van der Waals surface area contributed by atoms with Crippen molar-refractivity contribution in [2.45, 2.75) is 39.3 Å². The van der Waals surface area contributed by atoms with E-state index in [1.807, 2.05) is 38.1 Å². The largest absolute Gasteiger partial charge is 0.491 e. The van der Waals surface area contributed by atoms with E-state index in [0.29, 0.717) is 13.2 Å². The highest BCUT2D eigenvalue weighted by molar-refractivity contribution is 5.95. The van der Waals surface area contributed by atoms with E-state index in [2.05, 4.69) is 39.6 Å². The van der Waals surface area contributed by atoms with Gasteiger partial charge in [0.1, 0.15) is 18.1 Å². The van der Waals surface area contributed by atoms with Crippen LogP contribution in [-0.4, -0.2) is 48.4 Å². The van der Waals surface area contributed by atoms with E-state index in [9.17, 15) is 4.79 Å². The predicted octanol–water partition coefficient (Wildman–Crippen LogP) is 4.59. The number of rotatable bonds is 8. The van der Waals surface area contributed by atoms with Gasteiger partial charge in [0.2, 0.25) is 5.91 Å². The van der Waals surface area contributed by atoms with Gasteiger partial charge in [0.25, 0.3) is 0 Å². The van der Waals surface area contributed by atoms with Gasteiger partial charge >= 0.3 is 0 Å². The Morgan fingerprint density at radius 1 is 1.18 bits per heavy atom. The highest BCUT2D eigenvalue weighted by Crippen LogP contribution is 2.38. The molecule has 2 aliphatic rings. The number of carbonyl (C=O) groups excluding carboxylic acids is 1. The van der Waals surface area contributed by atoms with Gasteiger partial charge in [-0.1, -0.05) is 35.5 Å². The maximum atomic E-state index is 12.3. The summed E-state index contributed by atoms with van der Waals surface area (Å²) < 4.78 is 17.6. The van der Waals surface area contributed by atoms with Crippen LogP contribution in [0, 0.1) is 19.8 Å². The van der Waals surface area contributed by atoms with Crippen molar-refractivity contribution >= 4 is 11.6 Å². The van der Waals surface area contributed by atoms with Crippen molar-refractivity contribution in [3.05, 3.63) is 65.5 Å². The van der Waals surface area contributed by atoms with Gasteiger partial charge in [0.05, 0.1) is 30.5 Å². The molecule has 1 saturated carbocycles. The molecule has 1 aliphatic carbocycles. The van der Waals surface area contributed by atoms with E-state index >= 15 is 0 Å². The van der Waals surface area contributed by atoms with E-state index in [-0.39, 0.29) is 17.9 Å². The monoisotopic (exact) mass is 461 g/mol. The minimum atomic E-state index is 0.0780. The van der Waals surface area contributed by atoms with Gasteiger partial charge in [0.15, 0.2) is 0 Å². The number of aromatic nitrogens is 1. The summed E-state index contributed by atoms with van der Waals surface area (Å²) in [6.07, 6.45) is 1.93. The van der Waals surface area contributed by atoms with E-state index in [0.717, 1.165) is 66.6 Å². The number of ether oxygens (including phenoxy) is 2. The van der Waals surface area contributed by atoms with Crippen LogP contribution in [0.4, 0.5) is 5.69 Å². The number of aryl methyl sites for hydroxylation is 2. The zero-order valence-electron chi connectivity index (χ0n) is 19.8. The van der Waals surface area contributed by atoms with E-state index in [4.69, 9.17) is 14.0 Å². The lowest BCUT2D eigenvalue weighted by molar-refractivity contribution is -0.117. The average molecular weight is 462 g/mol. The number of nitrogens with zero attached hydrogens (tertiary/aromatic N) is 2. The molecular weight excluding hydrogens is 430 g/mol. The van der Waals surface area contributed by atoms with Crippen LogP contribution in [-0.2, 0) is 16.1 Å². The number of nitrogens with one attached hydrogen (secondary N) is 1. The summed E-state index contributed by atoms with van der Waals surface area (Å²) in [5.74, 6) is 1.68. The molecule has 1 aromatic heterocycles. The Bertz CT molecular complexity index is 1120. The molecule has 1 unspecified atom stereocenters. The molecule has 0 radical (unpaired) electrons. The Labute approximate surface area is 200 Å². The summed E-state index contributed by atoms with van der Waals surface area (Å²) in [4.78, 5) is 14.7. The maximum Gasteiger partial charge on any atom is 0.227 e. The summed E-state index contributed by atoms with van der Waals surface area (Å²) in [6.45, 7) is 7.39. The van der Waals surface area contributed by atoms with Crippen LogP contribution in [0.25, 0.3) is 11.1 Å². The lowest BCUT2D eigenvalue weighted by Gasteiger charge is -2.35. The Balaban J connectivity index is 1.36. The molecule has 0 spiro atoms. The number of carbonyl (C=O) groups is 1. The van der Waals surface area contributed by atoms with Crippen molar-refractivity contribution in [2.24, 2.45) is 5.92 Å². The fraction of sp³-hybridized carbons (Fsp3) is 0.407. The molecule has 2 fully saturated rings. The second-order valence-corrected chi connectivity index (χ2v) is 9.17. The van der Waals surface area contributed by atoms with Crippen molar-refractivity contribution in [1.82, 2.24) is 10.1 Å². The Kier molecular flexibility index (Phi) is 6.65. The molecule has 0 bridgehead atoms. The third kappa shape index (κ3) is 5.16. The molecule has 34 heavy (non-hydrogen) atoms. The molecule has 1 N–H and O–H groups in total. The van der Waals surface area contributed by atoms with Crippen molar-refractivity contribution < 1.29 is 18.8 Å².